The number of carbonyl (C=O) groups excluding carboxylic acids is 2. The molecule has 0 atom stereocenters. The summed E-state index contributed by atoms with van der Waals surface area (Å²) in [5.74, 6) is 0.105. The van der Waals surface area contributed by atoms with E-state index in [9.17, 15) is 9.59 Å². The van der Waals surface area contributed by atoms with Crippen molar-refractivity contribution in [1.29, 1.82) is 0 Å². The average molecular weight is 325 g/mol. The third-order valence-corrected chi connectivity index (χ3v) is 2.78. The fourth-order valence-corrected chi connectivity index (χ4v) is 1.32. The summed E-state index contributed by atoms with van der Waals surface area (Å²) >= 11 is 3.24. The average Bonchev–Trinajstić information content (AvgIpc) is 2.30. The number of esters is 1. The number of allylic oxidation sites excluding steroid dienone is 1. The quantitative estimate of drug-likeness (QED) is 0.360. The summed E-state index contributed by atoms with van der Waals surface area (Å²) in [5.41, 5.74) is 1.41. The Labute approximate surface area is 121 Å². The zero-order valence-electron chi connectivity index (χ0n) is 11.3. The van der Waals surface area contributed by atoms with Gasteiger partial charge in [0.25, 0.3) is 0 Å². The van der Waals surface area contributed by atoms with Gasteiger partial charge in [-0.05, 0) is 44.0 Å². The Hall–Kier alpha value is -1.42. The van der Waals surface area contributed by atoms with Gasteiger partial charge >= 0.3 is 5.97 Å². The second-order valence-electron chi connectivity index (χ2n) is 4.89. The van der Waals surface area contributed by atoms with E-state index in [1.54, 1.807) is 45.0 Å². The lowest BCUT2D eigenvalue weighted by molar-refractivity contribution is -0.136. The molecule has 0 fully saturated rings. The number of rotatable bonds is 5. The van der Waals surface area contributed by atoms with Crippen molar-refractivity contribution in [3.05, 3.63) is 42.0 Å². The molecule has 0 bridgehead atoms. The Kier molecular flexibility index (Phi) is 5.06. The van der Waals surface area contributed by atoms with Gasteiger partial charge in [-0.2, -0.15) is 0 Å². The predicted octanol–water partition coefficient (Wildman–Crippen LogP) is 3.45. The fourth-order valence-electron chi connectivity index (χ4n) is 1.24. The molecule has 0 N–H and O–H groups in total. The van der Waals surface area contributed by atoms with Crippen LogP contribution in [-0.2, 0) is 16.0 Å². The number of Topliss-reactive ketones (excluding diaryl/α,β-unsaturated/α-hetero) is 1. The van der Waals surface area contributed by atoms with Crippen molar-refractivity contribution in [2.24, 2.45) is 0 Å². The molecule has 1 aromatic rings. The first-order valence-electron chi connectivity index (χ1n) is 5.89. The lowest BCUT2D eigenvalue weighted by Gasteiger charge is -2.14. The summed E-state index contributed by atoms with van der Waals surface area (Å²) < 4.78 is 4.48. The molecule has 0 aliphatic carbocycles. The molecule has 0 aromatic heterocycles. The zero-order chi connectivity index (χ0) is 14.6. The molecule has 19 heavy (non-hydrogen) atoms. The van der Waals surface area contributed by atoms with E-state index in [1.807, 2.05) is 0 Å². The van der Waals surface area contributed by atoms with E-state index >= 15 is 0 Å². The molecule has 0 amide bonds. The second kappa shape index (κ2) is 6.15. The standard InChI is InChI=1S/C15H17BrO3/c1-10(2)13(17)9-11-5-7-12(8-6-11)19-14(18)15(3,4)16/h5-8H,1,9H2,2-4H3. The normalized spacial score (nSPS) is 10.9. The van der Waals surface area contributed by atoms with Crippen LogP contribution in [0.5, 0.6) is 5.75 Å². The molecule has 0 saturated heterocycles. The monoisotopic (exact) mass is 324 g/mol. The third kappa shape index (κ3) is 4.99. The lowest BCUT2D eigenvalue weighted by Crippen LogP contribution is -2.29. The van der Waals surface area contributed by atoms with Gasteiger partial charge < -0.3 is 4.74 Å². The molecule has 0 saturated carbocycles. The van der Waals surface area contributed by atoms with Gasteiger partial charge in [0.15, 0.2) is 5.78 Å². The summed E-state index contributed by atoms with van der Waals surface area (Å²) in [4.78, 5) is 23.2. The van der Waals surface area contributed by atoms with Gasteiger partial charge in [-0.3, -0.25) is 9.59 Å². The van der Waals surface area contributed by atoms with Gasteiger partial charge in [0.05, 0.1) is 0 Å². The summed E-state index contributed by atoms with van der Waals surface area (Å²) in [5, 5.41) is 0. The highest BCUT2D eigenvalue weighted by Crippen LogP contribution is 2.21. The van der Waals surface area contributed by atoms with E-state index in [4.69, 9.17) is 4.74 Å². The molecular weight excluding hydrogens is 308 g/mol. The first-order valence-corrected chi connectivity index (χ1v) is 6.68. The molecule has 0 unspecified atom stereocenters. The SMILES string of the molecule is C=C(C)C(=O)Cc1ccc(OC(=O)C(C)(C)Br)cc1. The Bertz CT molecular complexity index is 495. The molecule has 102 valence electrons. The summed E-state index contributed by atoms with van der Waals surface area (Å²) in [7, 11) is 0. The minimum atomic E-state index is -0.721. The van der Waals surface area contributed by atoms with Crippen LogP contribution < -0.4 is 4.74 Å². The largest absolute Gasteiger partial charge is 0.426 e. The number of ether oxygens (including phenoxy) is 1. The van der Waals surface area contributed by atoms with Crippen molar-refractivity contribution < 1.29 is 14.3 Å². The van der Waals surface area contributed by atoms with Crippen LogP contribution in [0, 0.1) is 0 Å². The number of benzene rings is 1. The highest BCUT2D eigenvalue weighted by Gasteiger charge is 2.25. The number of ketones is 1. The smallest absolute Gasteiger partial charge is 0.327 e. The maximum Gasteiger partial charge on any atom is 0.327 e. The van der Waals surface area contributed by atoms with Crippen molar-refractivity contribution in [3.8, 4) is 5.75 Å². The minimum absolute atomic E-state index is 0.00587. The van der Waals surface area contributed by atoms with Crippen molar-refractivity contribution >= 4 is 27.7 Å². The summed E-state index contributed by atoms with van der Waals surface area (Å²) in [6, 6.07) is 6.89. The fraction of sp³-hybridized carbons (Fsp3) is 0.333. The first kappa shape index (κ1) is 15.6. The zero-order valence-corrected chi connectivity index (χ0v) is 12.9. The molecule has 1 aromatic carbocycles. The first-order chi connectivity index (χ1) is 8.70. The number of hydrogen-bond acceptors (Lipinski definition) is 3. The molecule has 0 spiro atoms. The van der Waals surface area contributed by atoms with Crippen molar-refractivity contribution in [2.75, 3.05) is 0 Å². The van der Waals surface area contributed by atoms with E-state index in [2.05, 4.69) is 22.5 Å². The maximum absolute atomic E-state index is 11.7. The minimum Gasteiger partial charge on any atom is -0.426 e. The number of carbonyl (C=O) groups is 2. The lowest BCUT2D eigenvalue weighted by atomic mass is 10.1. The van der Waals surface area contributed by atoms with Gasteiger partial charge in [-0.25, -0.2) is 0 Å². The van der Waals surface area contributed by atoms with Crippen LogP contribution in [0.3, 0.4) is 0 Å². The molecule has 4 heteroatoms. The van der Waals surface area contributed by atoms with Crippen LogP contribution in [0.4, 0.5) is 0 Å². The number of hydrogen-bond donors (Lipinski definition) is 0. The van der Waals surface area contributed by atoms with Crippen LogP contribution in [0.25, 0.3) is 0 Å². The highest BCUT2D eigenvalue weighted by molar-refractivity contribution is 9.10. The van der Waals surface area contributed by atoms with Crippen molar-refractivity contribution in [1.82, 2.24) is 0 Å². The Balaban J connectivity index is 2.70. The van der Waals surface area contributed by atoms with E-state index < -0.39 is 4.32 Å². The van der Waals surface area contributed by atoms with E-state index in [0.29, 0.717) is 17.7 Å². The Morgan fingerprint density at radius 3 is 2.21 bits per heavy atom. The van der Waals surface area contributed by atoms with Crippen LogP contribution in [0.1, 0.15) is 26.3 Å². The van der Waals surface area contributed by atoms with Crippen LogP contribution in [-0.4, -0.2) is 16.1 Å². The Morgan fingerprint density at radius 2 is 1.79 bits per heavy atom. The molecule has 0 radical (unpaired) electrons. The molecular formula is C15H17BrO3. The molecule has 0 aliphatic rings. The van der Waals surface area contributed by atoms with E-state index in [1.165, 1.54) is 0 Å². The van der Waals surface area contributed by atoms with Crippen LogP contribution in [0.2, 0.25) is 0 Å². The van der Waals surface area contributed by atoms with Gasteiger partial charge in [-0.15, -0.1) is 0 Å². The second-order valence-corrected chi connectivity index (χ2v) is 6.87. The van der Waals surface area contributed by atoms with E-state index in [0.717, 1.165) is 5.56 Å². The number of halogens is 1. The molecule has 1 rings (SSSR count). The highest BCUT2D eigenvalue weighted by atomic mass is 79.9. The number of alkyl halides is 1. The summed E-state index contributed by atoms with van der Waals surface area (Å²) in [6.45, 7) is 8.74. The van der Waals surface area contributed by atoms with E-state index in [-0.39, 0.29) is 11.8 Å². The topological polar surface area (TPSA) is 43.4 Å². The van der Waals surface area contributed by atoms with Gasteiger partial charge in [0.2, 0.25) is 0 Å². The molecule has 3 nitrogen and oxygen atoms in total. The predicted molar refractivity (Wildman–Crippen MR) is 78.6 cm³/mol. The summed E-state index contributed by atoms with van der Waals surface area (Å²) in [6.07, 6.45) is 0.313. The van der Waals surface area contributed by atoms with Crippen LogP contribution in [0.15, 0.2) is 36.4 Å². The Morgan fingerprint density at radius 1 is 1.26 bits per heavy atom. The van der Waals surface area contributed by atoms with Gasteiger partial charge in [-0.1, -0.05) is 34.6 Å². The third-order valence-electron chi connectivity index (χ3n) is 2.46. The van der Waals surface area contributed by atoms with Gasteiger partial charge in [0, 0.05) is 6.42 Å². The van der Waals surface area contributed by atoms with Crippen LogP contribution >= 0.6 is 15.9 Å². The molecule has 0 aliphatic heterocycles. The van der Waals surface area contributed by atoms with Gasteiger partial charge in [0.1, 0.15) is 10.1 Å². The molecule has 0 heterocycles. The van der Waals surface area contributed by atoms with Crippen molar-refractivity contribution in [2.45, 2.75) is 31.5 Å². The van der Waals surface area contributed by atoms with Crippen molar-refractivity contribution in [3.63, 3.8) is 0 Å². The maximum atomic E-state index is 11.7.